The van der Waals surface area contributed by atoms with Gasteiger partial charge in [-0.25, -0.2) is 0 Å². The molecule has 1 aromatic carbocycles. The predicted molar refractivity (Wildman–Crippen MR) is 102 cm³/mol. The molecule has 2 aromatic heterocycles. The fourth-order valence-corrected chi connectivity index (χ4v) is 2.35. The number of hydrogen-bond acceptors (Lipinski definition) is 6. The lowest BCUT2D eigenvalue weighted by Gasteiger charge is -2.13. The van der Waals surface area contributed by atoms with Gasteiger partial charge in [0.15, 0.2) is 5.82 Å². The third-order valence-electron chi connectivity index (χ3n) is 3.77. The molecule has 0 fully saturated rings. The number of rotatable bonds is 5. The number of benzene rings is 1. The Bertz CT molecular complexity index is 963. The molecular formula is C19H19N5O3. The Labute approximate surface area is 156 Å². The molecule has 0 atom stereocenters. The summed E-state index contributed by atoms with van der Waals surface area (Å²) in [6.45, 7) is 1.72. The van der Waals surface area contributed by atoms with Crippen molar-refractivity contribution in [3.05, 3.63) is 65.7 Å². The highest BCUT2D eigenvalue weighted by atomic mass is 16.5. The van der Waals surface area contributed by atoms with Crippen molar-refractivity contribution >= 4 is 29.0 Å². The lowest BCUT2D eigenvalue weighted by molar-refractivity contribution is 0.102. The standard InChI is InChI=1S/C19H19N5O3/c1-12-8-17(23-27-12)22-19(26)14-9-13(10-20-11-14)18(25)21-15-4-6-16(7-5-15)24(2)3/h4-11H,1-3H3,(H,21,25)(H,22,23,26). The van der Waals surface area contributed by atoms with Crippen LogP contribution in [0.4, 0.5) is 17.2 Å². The van der Waals surface area contributed by atoms with Gasteiger partial charge < -0.3 is 20.1 Å². The maximum absolute atomic E-state index is 12.4. The summed E-state index contributed by atoms with van der Waals surface area (Å²) in [5.74, 6) is 0.0954. The minimum Gasteiger partial charge on any atom is -0.378 e. The van der Waals surface area contributed by atoms with E-state index in [9.17, 15) is 9.59 Å². The predicted octanol–water partition coefficient (Wildman–Crippen LogP) is 2.95. The molecule has 27 heavy (non-hydrogen) atoms. The number of carbonyl (C=O) groups is 2. The highest BCUT2D eigenvalue weighted by molar-refractivity contribution is 6.08. The van der Waals surface area contributed by atoms with Gasteiger partial charge in [-0.15, -0.1) is 0 Å². The van der Waals surface area contributed by atoms with Crippen LogP contribution in [0.1, 0.15) is 26.5 Å². The second-order valence-electron chi connectivity index (χ2n) is 6.13. The maximum atomic E-state index is 12.4. The summed E-state index contributed by atoms with van der Waals surface area (Å²) in [6, 6.07) is 10.5. The van der Waals surface area contributed by atoms with E-state index in [1.54, 1.807) is 13.0 Å². The van der Waals surface area contributed by atoms with Crippen molar-refractivity contribution in [2.75, 3.05) is 29.6 Å². The molecule has 0 aliphatic rings. The second kappa shape index (κ2) is 7.69. The quantitative estimate of drug-likeness (QED) is 0.721. The van der Waals surface area contributed by atoms with Gasteiger partial charge in [-0.2, -0.15) is 0 Å². The van der Waals surface area contributed by atoms with E-state index in [1.807, 2.05) is 43.3 Å². The number of amides is 2. The molecule has 138 valence electrons. The van der Waals surface area contributed by atoms with Gasteiger partial charge in [0.1, 0.15) is 5.76 Å². The fourth-order valence-electron chi connectivity index (χ4n) is 2.35. The van der Waals surface area contributed by atoms with Gasteiger partial charge in [0.05, 0.1) is 11.1 Å². The Kier molecular flexibility index (Phi) is 5.16. The third kappa shape index (κ3) is 4.49. The van der Waals surface area contributed by atoms with Gasteiger partial charge in [0.25, 0.3) is 11.8 Å². The van der Waals surface area contributed by atoms with Gasteiger partial charge in [0.2, 0.25) is 0 Å². The van der Waals surface area contributed by atoms with Crippen molar-refractivity contribution in [3.63, 3.8) is 0 Å². The number of aromatic nitrogens is 2. The molecule has 8 nitrogen and oxygen atoms in total. The van der Waals surface area contributed by atoms with Gasteiger partial charge in [-0.1, -0.05) is 5.16 Å². The summed E-state index contributed by atoms with van der Waals surface area (Å²) in [5.41, 5.74) is 2.19. The van der Waals surface area contributed by atoms with Crippen LogP contribution in [0.25, 0.3) is 0 Å². The molecule has 2 amide bonds. The van der Waals surface area contributed by atoms with Crippen molar-refractivity contribution in [3.8, 4) is 0 Å². The molecule has 0 bridgehead atoms. The summed E-state index contributed by atoms with van der Waals surface area (Å²) in [4.78, 5) is 30.7. The normalized spacial score (nSPS) is 10.3. The van der Waals surface area contributed by atoms with Crippen molar-refractivity contribution in [1.29, 1.82) is 0 Å². The number of hydrogen-bond donors (Lipinski definition) is 2. The molecule has 0 saturated heterocycles. The first-order valence-corrected chi connectivity index (χ1v) is 8.21. The fraction of sp³-hybridized carbons (Fsp3) is 0.158. The first kappa shape index (κ1) is 18.1. The van der Waals surface area contributed by atoms with Crippen LogP contribution in [0.3, 0.4) is 0 Å². The first-order valence-electron chi connectivity index (χ1n) is 8.21. The summed E-state index contributed by atoms with van der Waals surface area (Å²) >= 11 is 0. The van der Waals surface area contributed by atoms with E-state index in [4.69, 9.17) is 4.52 Å². The largest absolute Gasteiger partial charge is 0.378 e. The average molecular weight is 365 g/mol. The van der Waals surface area contributed by atoms with E-state index in [0.717, 1.165) is 5.69 Å². The number of nitrogens with zero attached hydrogens (tertiary/aromatic N) is 3. The van der Waals surface area contributed by atoms with Gasteiger partial charge in [-0.3, -0.25) is 14.6 Å². The lowest BCUT2D eigenvalue weighted by Crippen LogP contribution is -2.16. The van der Waals surface area contributed by atoms with E-state index >= 15 is 0 Å². The van der Waals surface area contributed by atoms with Crippen molar-refractivity contribution in [2.24, 2.45) is 0 Å². The zero-order chi connectivity index (χ0) is 19.4. The van der Waals surface area contributed by atoms with Crippen molar-refractivity contribution in [1.82, 2.24) is 10.1 Å². The minimum absolute atomic E-state index is 0.242. The van der Waals surface area contributed by atoms with Crippen LogP contribution in [-0.4, -0.2) is 36.1 Å². The molecule has 3 rings (SSSR count). The lowest BCUT2D eigenvalue weighted by atomic mass is 10.1. The highest BCUT2D eigenvalue weighted by Gasteiger charge is 2.13. The van der Waals surface area contributed by atoms with Gasteiger partial charge >= 0.3 is 0 Å². The molecule has 0 spiro atoms. The SMILES string of the molecule is Cc1cc(NC(=O)c2cncc(C(=O)Nc3ccc(N(C)C)cc3)c2)no1. The van der Waals surface area contributed by atoms with E-state index in [-0.39, 0.29) is 17.0 Å². The highest BCUT2D eigenvalue weighted by Crippen LogP contribution is 2.17. The van der Waals surface area contributed by atoms with E-state index < -0.39 is 5.91 Å². The Morgan fingerprint density at radius 2 is 1.59 bits per heavy atom. The third-order valence-corrected chi connectivity index (χ3v) is 3.77. The number of carbonyl (C=O) groups excluding carboxylic acids is 2. The summed E-state index contributed by atoms with van der Waals surface area (Å²) in [6.07, 6.45) is 2.78. The molecule has 2 heterocycles. The average Bonchev–Trinajstić information content (AvgIpc) is 3.07. The van der Waals surface area contributed by atoms with Crippen LogP contribution >= 0.6 is 0 Å². The van der Waals surface area contributed by atoms with E-state index in [1.165, 1.54) is 18.5 Å². The number of anilines is 3. The molecule has 0 aliphatic heterocycles. The van der Waals surface area contributed by atoms with E-state index in [2.05, 4.69) is 20.8 Å². The molecule has 8 heteroatoms. The zero-order valence-corrected chi connectivity index (χ0v) is 15.2. The molecule has 0 radical (unpaired) electrons. The molecule has 0 unspecified atom stereocenters. The van der Waals surface area contributed by atoms with Crippen LogP contribution in [0, 0.1) is 6.92 Å². The van der Waals surface area contributed by atoms with Gasteiger partial charge in [0, 0.05) is 43.9 Å². The number of pyridine rings is 1. The summed E-state index contributed by atoms with van der Waals surface area (Å²) < 4.78 is 4.91. The molecule has 3 aromatic rings. The summed E-state index contributed by atoms with van der Waals surface area (Å²) in [5, 5.41) is 9.08. The maximum Gasteiger partial charge on any atom is 0.258 e. The van der Waals surface area contributed by atoms with E-state index in [0.29, 0.717) is 17.3 Å². The molecule has 0 saturated carbocycles. The van der Waals surface area contributed by atoms with Crippen LogP contribution in [0.15, 0.2) is 53.3 Å². The Hall–Kier alpha value is -3.68. The summed E-state index contributed by atoms with van der Waals surface area (Å²) in [7, 11) is 3.88. The second-order valence-corrected chi connectivity index (χ2v) is 6.13. The topological polar surface area (TPSA) is 100 Å². The van der Waals surface area contributed by atoms with Gasteiger partial charge in [-0.05, 0) is 37.3 Å². The minimum atomic E-state index is -0.430. The molecular weight excluding hydrogens is 346 g/mol. The van der Waals surface area contributed by atoms with Crippen LogP contribution in [-0.2, 0) is 0 Å². The number of nitrogens with one attached hydrogen (secondary N) is 2. The number of aryl methyl sites for hydroxylation is 1. The van der Waals surface area contributed by atoms with Crippen LogP contribution in [0.5, 0.6) is 0 Å². The molecule has 2 N–H and O–H groups in total. The van der Waals surface area contributed by atoms with Crippen LogP contribution in [0.2, 0.25) is 0 Å². The van der Waals surface area contributed by atoms with Crippen LogP contribution < -0.4 is 15.5 Å². The Morgan fingerprint density at radius 1 is 0.963 bits per heavy atom. The van der Waals surface area contributed by atoms with Crippen molar-refractivity contribution < 1.29 is 14.1 Å². The Morgan fingerprint density at radius 3 is 2.15 bits per heavy atom. The zero-order valence-electron chi connectivity index (χ0n) is 15.2. The van der Waals surface area contributed by atoms with Crippen molar-refractivity contribution in [2.45, 2.75) is 6.92 Å². The first-order chi connectivity index (χ1) is 12.9. The monoisotopic (exact) mass is 365 g/mol. The Balaban J connectivity index is 1.70. The smallest absolute Gasteiger partial charge is 0.258 e. The molecule has 0 aliphatic carbocycles.